The van der Waals surface area contributed by atoms with Gasteiger partial charge in [0.25, 0.3) is 5.56 Å². The third kappa shape index (κ3) is 7.38. The molecule has 2 atom stereocenters. The van der Waals surface area contributed by atoms with Gasteiger partial charge in [0.2, 0.25) is 17.7 Å². The van der Waals surface area contributed by atoms with Crippen LogP contribution in [0.2, 0.25) is 10.0 Å². The Balaban J connectivity index is 1.12. The van der Waals surface area contributed by atoms with E-state index in [1.54, 1.807) is 30.6 Å². The molecule has 5 aromatic rings. The first-order valence-corrected chi connectivity index (χ1v) is 17.8. The Morgan fingerprint density at radius 3 is 2.12 bits per heavy atom. The largest absolute Gasteiger partial charge is 0.481 e. The van der Waals surface area contributed by atoms with Gasteiger partial charge in [-0.25, -0.2) is 14.4 Å². The molecule has 0 spiro atoms. The van der Waals surface area contributed by atoms with Crippen LogP contribution in [0.15, 0.2) is 71.8 Å². The van der Waals surface area contributed by atoms with Gasteiger partial charge in [0.15, 0.2) is 0 Å². The normalized spacial score (nSPS) is 17.1. The molecule has 3 aromatic heterocycles. The summed E-state index contributed by atoms with van der Waals surface area (Å²) in [6.07, 6.45) is 5.76. The van der Waals surface area contributed by atoms with Crippen LogP contribution in [0.25, 0.3) is 39.2 Å². The van der Waals surface area contributed by atoms with Gasteiger partial charge in [-0.2, -0.15) is 0 Å². The summed E-state index contributed by atoms with van der Waals surface area (Å²) in [4.78, 5) is 45.4. The zero-order chi connectivity index (χ0) is 36.4. The molecule has 0 radical (unpaired) electrons. The number of nitrogens with zero attached hydrogens (tertiary/aromatic N) is 3. The van der Waals surface area contributed by atoms with Gasteiger partial charge in [-0.3, -0.25) is 18.8 Å². The van der Waals surface area contributed by atoms with Gasteiger partial charge in [-0.05, 0) is 30.5 Å². The molecule has 7 rings (SSSR count). The summed E-state index contributed by atoms with van der Waals surface area (Å²) in [5.41, 5.74) is 4.60. The molecular weight excluding hydrogens is 708 g/mol. The summed E-state index contributed by atoms with van der Waals surface area (Å²) in [6.45, 7) is 1.57. The van der Waals surface area contributed by atoms with Crippen molar-refractivity contribution in [3.8, 4) is 39.4 Å². The van der Waals surface area contributed by atoms with E-state index in [4.69, 9.17) is 27.9 Å². The maximum absolute atomic E-state index is 15.6. The number of halogens is 3. The van der Waals surface area contributed by atoms with E-state index in [1.165, 1.54) is 17.6 Å². The molecule has 0 saturated carbocycles. The smallest absolute Gasteiger partial charge is 0.262 e. The first-order valence-electron chi connectivity index (χ1n) is 17.0. The van der Waals surface area contributed by atoms with E-state index in [0.29, 0.717) is 81.7 Å². The predicted molar refractivity (Wildman–Crippen MR) is 198 cm³/mol. The van der Waals surface area contributed by atoms with Crippen LogP contribution >= 0.6 is 23.2 Å². The molecule has 2 aliphatic rings. The van der Waals surface area contributed by atoms with Gasteiger partial charge in [0, 0.05) is 97.4 Å². The second-order valence-electron chi connectivity index (χ2n) is 12.9. The van der Waals surface area contributed by atoms with Crippen LogP contribution in [0.4, 0.5) is 4.39 Å². The molecule has 52 heavy (non-hydrogen) atoms. The molecule has 0 unspecified atom stereocenters. The zero-order valence-electron chi connectivity index (χ0n) is 28.3. The Morgan fingerprint density at radius 1 is 0.865 bits per heavy atom. The van der Waals surface area contributed by atoms with E-state index in [1.807, 2.05) is 30.3 Å². The lowest BCUT2D eigenvalue weighted by Gasteiger charge is -2.16. The van der Waals surface area contributed by atoms with Crippen LogP contribution in [0, 0.1) is 5.82 Å². The van der Waals surface area contributed by atoms with Gasteiger partial charge in [-0.1, -0.05) is 59.6 Å². The fraction of sp³-hybridized carbons (Fsp3) is 0.289. The lowest BCUT2D eigenvalue weighted by molar-refractivity contribution is -0.120. The Hall–Kier alpha value is -4.88. The molecule has 2 aromatic carbocycles. The average Bonchev–Trinajstić information content (AvgIpc) is 3.76. The summed E-state index contributed by atoms with van der Waals surface area (Å²) in [5.74, 6) is -0.304. The highest BCUT2D eigenvalue weighted by Crippen LogP contribution is 2.42. The van der Waals surface area contributed by atoms with Crippen molar-refractivity contribution in [1.29, 1.82) is 0 Å². The van der Waals surface area contributed by atoms with E-state index in [-0.39, 0.29) is 47.4 Å². The third-order valence-electron chi connectivity index (χ3n) is 9.45. The number of aromatic nitrogens is 3. The van der Waals surface area contributed by atoms with E-state index in [9.17, 15) is 14.4 Å². The summed E-state index contributed by atoms with van der Waals surface area (Å²) in [7, 11) is 1.44. The third-order valence-corrected chi connectivity index (χ3v) is 10.3. The van der Waals surface area contributed by atoms with Crippen molar-refractivity contribution in [2.45, 2.75) is 50.9 Å². The molecule has 268 valence electrons. The van der Waals surface area contributed by atoms with Crippen LogP contribution in [-0.2, 0) is 22.7 Å². The van der Waals surface area contributed by atoms with E-state index in [2.05, 4.69) is 31.2 Å². The molecule has 2 aliphatic heterocycles. The zero-order valence-corrected chi connectivity index (χ0v) is 29.8. The summed E-state index contributed by atoms with van der Waals surface area (Å²) in [5, 5.41) is 13.0. The highest BCUT2D eigenvalue weighted by atomic mass is 35.5. The number of hydrogen-bond donors (Lipinski definition) is 4. The summed E-state index contributed by atoms with van der Waals surface area (Å²) in [6, 6.07) is 16.0. The van der Waals surface area contributed by atoms with Crippen LogP contribution in [0.1, 0.15) is 36.8 Å². The second kappa shape index (κ2) is 15.4. The number of carbonyl (C=O) groups excluding carboxylic acids is 2. The number of ether oxygens (including phenoxy) is 1. The number of pyridine rings is 2. The number of carbonyl (C=O) groups is 2. The molecule has 4 N–H and O–H groups in total. The van der Waals surface area contributed by atoms with E-state index >= 15 is 4.39 Å². The van der Waals surface area contributed by atoms with Crippen LogP contribution in [0.5, 0.6) is 5.88 Å². The van der Waals surface area contributed by atoms with Crippen molar-refractivity contribution in [2.75, 3.05) is 20.2 Å². The maximum Gasteiger partial charge on any atom is 0.262 e. The van der Waals surface area contributed by atoms with E-state index < -0.39 is 5.82 Å². The van der Waals surface area contributed by atoms with Gasteiger partial charge in [0.05, 0.1) is 28.4 Å². The summed E-state index contributed by atoms with van der Waals surface area (Å²) >= 11 is 14.1. The average molecular weight is 745 g/mol. The topological polar surface area (TPSA) is 139 Å². The Bertz CT molecular complexity index is 2250. The Labute approximate surface area is 308 Å². The molecular formula is C38H36Cl2FN7O4. The molecule has 2 saturated heterocycles. The van der Waals surface area contributed by atoms with Crippen molar-refractivity contribution >= 4 is 40.7 Å². The first-order chi connectivity index (χ1) is 25.2. The molecule has 0 aliphatic carbocycles. The van der Waals surface area contributed by atoms with Gasteiger partial charge in [0.1, 0.15) is 11.5 Å². The minimum atomic E-state index is -0.502. The highest BCUT2D eigenvalue weighted by molar-refractivity contribution is 6.39. The fourth-order valence-electron chi connectivity index (χ4n) is 6.70. The second-order valence-corrected chi connectivity index (χ2v) is 13.7. The van der Waals surface area contributed by atoms with Crippen molar-refractivity contribution in [1.82, 2.24) is 35.6 Å². The molecule has 11 nitrogen and oxygen atoms in total. The number of fused-ring (bicyclic) bond motifs is 1. The van der Waals surface area contributed by atoms with Crippen molar-refractivity contribution in [3.05, 3.63) is 104 Å². The number of benzene rings is 2. The van der Waals surface area contributed by atoms with Gasteiger partial charge >= 0.3 is 0 Å². The molecule has 0 bridgehead atoms. The molecule has 2 amide bonds. The van der Waals surface area contributed by atoms with Gasteiger partial charge < -0.3 is 26.0 Å². The highest BCUT2D eigenvalue weighted by Gasteiger charge is 2.23. The van der Waals surface area contributed by atoms with Crippen molar-refractivity contribution < 1.29 is 18.7 Å². The number of methoxy groups -OCH3 is 1. The maximum atomic E-state index is 15.6. The number of amides is 2. The van der Waals surface area contributed by atoms with E-state index in [0.717, 1.165) is 18.4 Å². The SMILES string of the molecule is COc1nc(-c2cccc(-c3cccc(-c4ccn5c(=O)c(CNC[C@H]6CCC(=O)N6)cnc5c4)c3Cl)c2Cl)cc(F)c1CNC[C@@H]1CCC(=O)N1. The standard InChI is InChI=1S/C38H36Cl2FN7O4/c1-52-37-29(20-43-19-24-9-11-34(50)46-24)30(41)15-31(47-37)28-7-3-6-27(36(28)40)26-5-2-4-25(35(26)39)21-12-13-48-32(14-21)44-17-22(38(48)51)16-42-18-23-8-10-33(49)45-23/h2-7,12-15,17,23-24,42-43H,8-11,16,18-20H2,1H3,(H,45,49)(H,46,50)/t23-,24+/m1/s1. The summed E-state index contributed by atoms with van der Waals surface area (Å²) < 4.78 is 22.5. The number of nitrogens with one attached hydrogen (secondary N) is 4. The number of rotatable bonds is 12. The molecule has 5 heterocycles. The van der Waals surface area contributed by atoms with Gasteiger partial charge in [-0.15, -0.1) is 0 Å². The fourth-order valence-corrected chi connectivity index (χ4v) is 7.36. The lowest BCUT2D eigenvalue weighted by Crippen LogP contribution is -2.36. The quantitative estimate of drug-likeness (QED) is 0.136. The minimum Gasteiger partial charge on any atom is -0.481 e. The van der Waals surface area contributed by atoms with Crippen LogP contribution in [-0.4, -0.2) is 58.5 Å². The van der Waals surface area contributed by atoms with Crippen molar-refractivity contribution in [2.24, 2.45) is 0 Å². The Morgan fingerprint density at radius 2 is 1.48 bits per heavy atom. The monoisotopic (exact) mass is 743 g/mol. The molecule has 14 heteroatoms. The molecule has 2 fully saturated rings. The lowest BCUT2D eigenvalue weighted by atomic mass is 9.97. The predicted octanol–water partition coefficient (Wildman–Crippen LogP) is 5.28. The van der Waals surface area contributed by atoms with Crippen LogP contribution < -0.4 is 31.6 Å². The van der Waals surface area contributed by atoms with Crippen molar-refractivity contribution in [3.63, 3.8) is 0 Å². The minimum absolute atomic E-state index is 0.00389. The Kier molecular flexibility index (Phi) is 10.5. The number of hydrogen-bond acceptors (Lipinski definition) is 8. The first kappa shape index (κ1) is 35.5. The van der Waals surface area contributed by atoms with Crippen LogP contribution in [0.3, 0.4) is 0 Å².